The minimum Gasteiger partial charge on any atom is -0.368 e. The molecule has 210 valence electrons. The van der Waals surface area contributed by atoms with Gasteiger partial charge in [-0.3, -0.25) is 14.5 Å². The molecule has 9 heteroatoms. The summed E-state index contributed by atoms with van der Waals surface area (Å²) in [4.78, 5) is 41.5. The van der Waals surface area contributed by atoms with Crippen LogP contribution in [0.1, 0.15) is 54.3 Å². The van der Waals surface area contributed by atoms with Crippen molar-refractivity contribution in [2.45, 2.75) is 44.2 Å². The van der Waals surface area contributed by atoms with E-state index in [1.807, 2.05) is 24.3 Å². The van der Waals surface area contributed by atoms with Crippen LogP contribution in [0.4, 0.5) is 19.3 Å². The lowest BCUT2D eigenvalue weighted by molar-refractivity contribution is -0.131. The molecule has 1 aliphatic carbocycles. The second-order valence-corrected chi connectivity index (χ2v) is 10.4. The maximum atomic E-state index is 13.5. The molecule has 1 saturated carbocycles. The first-order valence-corrected chi connectivity index (χ1v) is 13.3. The van der Waals surface area contributed by atoms with Gasteiger partial charge in [0.05, 0.1) is 6.54 Å². The standard InChI is InChI=1S/C31H34F2N4O3/c1-36(2)31(40)37(25-17-15-24(33)16-18-25)19-20-7-9-21(10-8-20)26-5-3-4-6-27(26)30(39)35-28(29(34)38)22-11-13-23(32)14-12-22/h7-18,26-28H,3-6,19H2,1-2H3,(H2,34,38)(H,35,39). The van der Waals surface area contributed by atoms with E-state index in [9.17, 15) is 23.2 Å². The molecule has 1 fully saturated rings. The third-order valence-electron chi connectivity index (χ3n) is 7.38. The number of carbonyl (C=O) groups is 3. The number of rotatable bonds is 8. The first-order valence-electron chi connectivity index (χ1n) is 13.3. The van der Waals surface area contributed by atoms with Crippen molar-refractivity contribution in [2.75, 3.05) is 19.0 Å². The molecule has 40 heavy (non-hydrogen) atoms. The van der Waals surface area contributed by atoms with Crippen molar-refractivity contribution in [1.29, 1.82) is 0 Å². The van der Waals surface area contributed by atoms with Crippen molar-refractivity contribution in [3.05, 3.63) is 101 Å². The van der Waals surface area contributed by atoms with Crippen molar-refractivity contribution in [3.8, 4) is 0 Å². The zero-order valence-electron chi connectivity index (χ0n) is 22.6. The Morgan fingerprint density at radius 1 is 0.875 bits per heavy atom. The van der Waals surface area contributed by atoms with Crippen LogP contribution in [0, 0.1) is 17.6 Å². The van der Waals surface area contributed by atoms with Gasteiger partial charge in [-0.15, -0.1) is 0 Å². The Morgan fingerprint density at radius 2 is 1.45 bits per heavy atom. The molecule has 3 unspecified atom stereocenters. The van der Waals surface area contributed by atoms with Gasteiger partial charge >= 0.3 is 6.03 Å². The maximum absolute atomic E-state index is 13.5. The predicted octanol–water partition coefficient (Wildman–Crippen LogP) is 5.27. The third-order valence-corrected chi connectivity index (χ3v) is 7.38. The van der Waals surface area contributed by atoms with Gasteiger partial charge in [-0.05, 0) is 71.8 Å². The van der Waals surface area contributed by atoms with Crippen molar-refractivity contribution in [1.82, 2.24) is 10.2 Å². The number of hydrogen-bond acceptors (Lipinski definition) is 3. The number of carbonyl (C=O) groups excluding carboxylic acids is 3. The average Bonchev–Trinajstić information content (AvgIpc) is 2.95. The van der Waals surface area contributed by atoms with Gasteiger partial charge in [0, 0.05) is 25.7 Å². The number of halogens is 2. The topological polar surface area (TPSA) is 95.7 Å². The lowest BCUT2D eigenvalue weighted by atomic mass is 9.74. The summed E-state index contributed by atoms with van der Waals surface area (Å²) in [6, 6.07) is 17.7. The maximum Gasteiger partial charge on any atom is 0.324 e. The molecule has 4 rings (SSSR count). The summed E-state index contributed by atoms with van der Waals surface area (Å²) in [5.74, 6) is -2.21. The molecule has 0 radical (unpaired) electrons. The lowest BCUT2D eigenvalue weighted by Crippen LogP contribution is -2.42. The lowest BCUT2D eigenvalue weighted by Gasteiger charge is -2.32. The van der Waals surface area contributed by atoms with E-state index in [4.69, 9.17) is 5.73 Å². The third kappa shape index (κ3) is 6.83. The molecule has 7 nitrogen and oxygen atoms in total. The van der Waals surface area contributed by atoms with E-state index >= 15 is 0 Å². The normalized spacial score (nSPS) is 17.5. The molecule has 4 amide bonds. The van der Waals surface area contributed by atoms with Crippen molar-refractivity contribution >= 4 is 23.5 Å². The van der Waals surface area contributed by atoms with Crippen LogP contribution in [0.2, 0.25) is 0 Å². The van der Waals surface area contributed by atoms with Gasteiger partial charge in [0.25, 0.3) is 0 Å². The number of anilines is 1. The summed E-state index contributed by atoms with van der Waals surface area (Å²) >= 11 is 0. The fourth-order valence-electron chi connectivity index (χ4n) is 5.25. The van der Waals surface area contributed by atoms with Gasteiger partial charge in [-0.1, -0.05) is 49.2 Å². The summed E-state index contributed by atoms with van der Waals surface area (Å²) < 4.78 is 26.9. The largest absolute Gasteiger partial charge is 0.368 e. The summed E-state index contributed by atoms with van der Waals surface area (Å²) in [7, 11) is 3.32. The van der Waals surface area contributed by atoms with Crippen LogP contribution in [0.5, 0.6) is 0 Å². The van der Waals surface area contributed by atoms with Gasteiger partial charge < -0.3 is 16.0 Å². The summed E-state index contributed by atoms with van der Waals surface area (Å²) in [5.41, 5.74) is 8.46. The van der Waals surface area contributed by atoms with Crippen LogP contribution in [-0.2, 0) is 16.1 Å². The summed E-state index contributed by atoms with van der Waals surface area (Å²) in [6.45, 7) is 0.287. The van der Waals surface area contributed by atoms with E-state index in [-0.39, 0.29) is 36.1 Å². The van der Waals surface area contributed by atoms with Crippen molar-refractivity contribution in [2.24, 2.45) is 11.7 Å². The molecule has 0 heterocycles. The van der Waals surface area contributed by atoms with Gasteiger partial charge in [0.1, 0.15) is 17.7 Å². The molecule has 0 aliphatic heterocycles. The monoisotopic (exact) mass is 548 g/mol. The van der Waals surface area contributed by atoms with Crippen LogP contribution >= 0.6 is 0 Å². The molecule has 0 spiro atoms. The number of primary amides is 1. The smallest absolute Gasteiger partial charge is 0.324 e. The highest BCUT2D eigenvalue weighted by atomic mass is 19.1. The zero-order valence-corrected chi connectivity index (χ0v) is 22.6. The van der Waals surface area contributed by atoms with Crippen LogP contribution < -0.4 is 16.0 Å². The van der Waals surface area contributed by atoms with Crippen molar-refractivity contribution < 1.29 is 23.2 Å². The predicted molar refractivity (Wildman–Crippen MR) is 149 cm³/mol. The second-order valence-electron chi connectivity index (χ2n) is 10.4. The van der Waals surface area contributed by atoms with Gasteiger partial charge in [0.15, 0.2) is 0 Å². The highest BCUT2D eigenvalue weighted by molar-refractivity contribution is 5.91. The molecule has 3 atom stereocenters. The number of urea groups is 1. The first-order chi connectivity index (χ1) is 19.1. The Labute approximate surface area is 233 Å². The Bertz CT molecular complexity index is 1330. The summed E-state index contributed by atoms with van der Waals surface area (Å²) in [6.07, 6.45) is 3.35. The fraction of sp³-hybridized carbons (Fsp3) is 0.323. The van der Waals surface area contributed by atoms with Gasteiger partial charge in [0.2, 0.25) is 11.8 Å². The van der Waals surface area contributed by atoms with E-state index < -0.39 is 17.8 Å². The molecule has 1 aliphatic rings. The number of hydrogen-bond donors (Lipinski definition) is 2. The quantitative estimate of drug-likeness (QED) is 0.402. The first kappa shape index (κ1) is 28.7. The molecule has 3 N–H and O–H groups in total. The Morgan fingerprint density at radius 3 is 2.02 bits per heavy atom. The summed E-state index contributed by atoms with van der Waals surface area (Å²) in [5, 5.41) is 2.79. The van der Waals surface area contributed by atoms with Crippen molar-refractivity contribution in [3.63, 3.8) is 0 Å². The minimum absolute atomic E-state index is 0.0545. The highest BCUT2D eigenvalue weighted by Crippen LogP contribution is 2.38. The van der Waals surface area contributed by atoms with E-state index in [1.165, 1.54) is 41.3 Å². The van der Waals surface area contributed by atoms with E-state index in [0.29, 0.717) is 17.7 Å². The molecule has 3 aromatic rings. The molecular weight excluding hydrogens is 514 g/mol. The number of amides is 4. The zero-order chi connectivity index (χ0) is 28.8. The number of nitrogens with zero attached hydrogens (tertiary/aromatic N) is 2. The highest BCUT2D eigenvalue weighted by Gasteiger charge is 2.34. The number of nitrogens with two attached hydrogens (primary N) is 1. The van der Waals surface area contributed by atoms with E-state index in [0.717, 1.165) is 30.4 Å². The van der Waals surface area contributed by atoms with E-state index in [1.54, 1.807) is 31.1 Å². The van der Waals surface area contributed by atoms with Crippen LogP contribution in [0.15, 0.2) is 72.8 Å². The average molecular weight is 549 g/mol. The molecule has 0 saturated heterocycles. The Hall–Kier alpha value is -4.27. The van der Waals surface area contributed by atoms with Crippen LogP contribution in [0.3, 0.4) is 0 Å². The Balaban J connectivity index is 1.51. The van der Waals surface area contributed by atoms with Crippen LogP contribution in [0.25, 0.3) is 0 Å². The molecule has 0 bridgehead atoms. The fourth-order valence-corrected chi connectivity index (χ4v) is 5.25. The number of benzene rings is 3. The SMILES string of the molecule is CN(C)C(=O)N(Cc1ccc(C2CCCCC2C(=O)NC(C(N)=O)c2ccc(F)cc2)cc1)c1ccc(F)cc1. The van der Waals surface area contributed by atoms with Gasteiger partial charge in [-0.25, -0.2) is 13.6 Å². The van der Waals surface area contributed by atoms with E-state index in [2.05, 4.69) is 5.32 Å². The molecular formula is C31H34F2N4O3. The molecule has 3 aromatic carbocycles. The second kappa shape index (κ2) is 12.7. The number of nitrogens with one attached hydrogen (secondary N) is 1. The van der Waals surface area contributed by atoms with Gasteiger partial charge in [-0.2, -0.15) is 0 Å². The van der Waals surface area contributed by atoms with Crippen LogP contribution in [-0.4, -0.2) is 36.8 Å². The molecule has 0 aromatic heterocycles. The Kier molecular flexibility index (Phi) is 9.14. The minimum atomic E-state index is -1.05.